The van der Waals surface area contributed by atoms with Gasteiger partial charge in [-0.05, 0) is 27.2 Å². The molecule has 14 heavy (non-hydrogen) atoms. The molecule has 0 aliphatic heterocycles. The lowest BCUT2D eigenvalue weighted by atomic mass is 9.97. The first kappa shape index (κ1) is 13.0. The third-order valence-corrected chi connectivity index (χ3v) is 1.83. The number of hydrogen-bond acceptors (Lipinski definition) is 3. The van der Waals surface area contributed by atoms with Gasteiger partial charge in [0, 0.05) is 11.9 Å². The molecular weight excluding hydrogens is 176 g/mol. The van der Waals surface area contributed by atoms with Gasteiger partial charge in [0.25, 0.3) is 0 Å². The first-order chi connectivity index (χ1) is 6.41. The summed E-state index contributed by atoms with van der Waals surface area (Å²) >= 11 is 0. The van der Waals surface area contributed by atoms with Crippen LogP contribution in [-0.2, 0) is 4.79 Å². The van der Waals surface area contributed by atoms with Crippen LogP contribution < -0.4 is 5.73 Å². The normalized spacial score (nSPS) is 13.6. The van der Waals surface area contributed by atoms with Crippen molar-refractivity contribution in [1.29, 1.82) is 0 Å². The van der Waals surface area contributed by atoms with Crippen LogP contribution in [0, 0.1) is 0 Å². The Labute approximate surface area is 86.1 Å². The van der Waals surface area contributed by atoms with Crippen LogP contribution in [0.1, 0.15) is 40.5 Å². The number of rotatable bonds is 5. The number of allylic oxidation sites excluding steroid dienone is 2. The summed E-state index contributed by atoms with van der Waals surface area (Å²) in [5.41, 5.74) is 5.70. The lowest BCUT2D eigenvalue weighted by Crippen LogP contribution is -2.41. The second-order valence-electron chi connectivity index (χ2n) is 3.82. The molecule has 0 radical (unpaired) electrons. The Balaban J connectivity index is 4.36. The van der Waals surface area contributed by atoms with Gasteiger partial charge in [0.2, 0.25) is 0 Å². The molecule has 0 aromatic rings. The smallest absolute Gasteiger partial charge is 0.157 e. The first-order valence-corrected chi connectivity index (χ1v) is 4.91. The van der Waals surface area contributed by atoms with Crippen LogP contribution in [0.5, 0.6) is 0 Å². The Hall–Kier alpha value is -0.960. The van der Waals surface area contributed by atoms with Crippen LogP contribution in [0.15, 0.2) is 16.8 Å². The van der Waals surface area contributed by atoms with Crippen molar-refractivity contribution in [3.63, 3.8) is 0 Å². The van der Waals surface area contributed by atoms with Gasteiger partial charge in [-0.25, -0.2) is 0 Å². The van der Waals surface area contributed by atoms with E-state index in [4.69, 9.17) is 5.73 Å². The Bertz CT molecular complexity index is 247. The molecule has 0 spiro atoms. The van der Waals surface area contributed by atoms with Gasteiger partial charge in [-0.1, -0.05) is 13.0 Å². The van der Waals surface area contributed by atoms with Crippen molar-refractivity contribution in [1.82, 2.24) is 0 Å². The third-order valence-electron chi connectivity index (χ3n) is 1.83. The standard InChI is InChI=1S/C11H20N2O/c1-5-7-13-9(6-2)8-10(14)11(3,4)12/h6-7H,5,8,12H2,1-4H3/b9-6-,13-7?. The van der Waals surface area contributed by atoms with Gasteiger partial charge >= 0.3 is 0 Å². The molecule has 0 saturated heterocycles. The van der Waals surface area contributed by atoms with Crippen LogP contribution in [0.3, 0.4) is 0 Å². The molecule has 0 atom stereocenters. The van der Waals surface area contributed by atoms with Crippen LogP contribution in [-0.4, -0.2) is 17.5 Å². The fraction of sp³-hybridized carbons (Fsp3) is 0.636. The maximum absolute atomic E-state index is 11.6. The minimum Gasteiger partial charge on any atom is -0.319 e. The molecule has 0 rings (SSSR count). The number of aliphatic imine (C=N–C) groups is 1. The van der Waals surface area contributed by atoms with Crippen molar-refractivity contribution in [3.8, 4) is 0 Å². The molecule has 0 heterocycles. The zero-order chi connectivity index (χ0) is 11.2. The van der Waals surface area contributed by atoms with E-state index < -0.39 is 5.54 Å². The molecular formula is C11H20N2O. The van der Waals surface area contributed by atoms with Crippen molar-refractivity contribution < 1.29 is 4.79 Å². The average Bonchev–Trinajstić information content (AvgIpc) is 2.10. The molecule has 0 bridgehead atoms. The zero-order valence-corrected chi connectivity index (χ0v) is 9.50. The first-order valence-electron chi connectivity index (χ1n) is 4.91. The van der Waals surface area contributed by atoms with E-state index in [0.717, 1.165) is 12.1 Å². The summed E-state index contributed by atoms with van der Waals surface area (Å²) in [6.07, 6.45) is 4.83. The van der Waals surface area contributed by atoms with E-state index >= 15 is 0 Å². The maximum atomic E-state index is 11.6. The average molecular weight is 196 g/mol. The molecule has 0 amide bonds. The van der Waals surface area contributed by atoms with Crippen LogP contribution in [0.2, 0.25) is 0 Å². The summed E-state index contributed by atoms with van der Waals surface area (Å²) in [6, 6.07) is 0. The zero-order valence-electron chi connectivity index (χ0n) is 9.50. The maximum Gasteiger partial charge on any atom is 0.157 e. The number of hydrogen-bond donors (Lipinski definition) is 1. The van der Waals surface area contributed by atoms with E-state index in [1.54, 1.807) is 20.1 Å². The SMILES string of the molecule is C/C=C(/CC(=O)C(C)(C)N)N=CCC. The van der Waals surface area contributed by atoms with Crippen LogP contribution >= 0.6 is 0 Å². The molecule has 0 aromatic carbocycles. The highest BCUT2D eigenvalue weighted by Crippen LogP contribution is 2.10. The minimum absolute atomic E-state index is 0.0128. The number of carbonyl (C=O) groups is 1. The number of carbonyl (C=O) groups excluding carboxylic acids is 1. The predicted octanol–water partition coefficient (Wildman–Crippen LogP) is 2.07. The van der Waals surface area contributed by atoms with Gasteiger partial charge in [0.1, 0.15) is 0 Å². The monoisotopic (exact) mass is 196 g/mol. The van der Waals surface area contributed by atoms with Gasteiger partial charge < -0.3 is 5.73 Å². The van der Waals surface area contributed by atoms with Gasteiger partial charge in [0.15, 0.2) is 5.78 Å². The van der Waals surface area contributed by atoms with E-state index in [1.165, 1.54) is 0 Å². The molecule has 3 nitrogen and oxygen atoms in total. The summed E-state index contributed by atoms with van der Waals surface area (Å²) in [7, 11) is 0. The van der Waals surface area contributed by atoms with Crippen LogP contribution in [0.4, 0.5) is 0 Å². The quantitative estimate of drug-likeness (QED) is 0.684. The minimum atomic E-state index is -0.768. The number of nitrogens with two attached hydrogens (primary N) is 1. The molecule has 0 aromatic heterocycles. The molecule has 0 saturated carbocycles. The lowest BCUT2D eigenvalue weighted by molar-refractivity contribution is -0.122. The van der Waals surface area contributed by atoms with Gasteiger partial charge in [0.05, 0.1) is 12.0 Å². The molecule has 0 aliphatic rings. The van der Waals surface area contributed by atoms with Crippen molar-refractivity contribution in [2.24, 2.45) is 10.7 Å². The summed E-state index contributed by atoms with van der Waals surface area (Å²) in [4.78, 5) is 15.7. The Kier molecular flexibility index (Phi) is 5.31. The summed E-state index contributed by atoms with van der Waals surface area (Å²) in [6.45, 7) is 7.31. The molecule has 2 N–H and O–H groups in total. The number of ketones is 1. The van der Waals surface area contributed by atoms with E-state index in [9.17, 15) is 4.79 Å². The summed E-state index contributed by atoms with van der Waals surface area (Å²) < 4.78 is 0. The number of Topliss-reactive ketones (excluding diaryl/α,β-unsaturated/α-hetero) is 1. The van der Waals surface area contributed by atoms with E-state index in [2.05, 4.69) is 4.99 Å². The van der Waals surface area contributed by atoms with E-state index in [1.807, 2.05) is 19.9 Å². The molecule has 3 heteroatoms. The molecule has 0 fully saturated rings. The largest absolute Gasteiger partial charge is 0.319 e. The fourth-order valence-electron chi connectivity index (χ4n) is 0.823. The predicted molar refractivity (Wildman–Crippen MR) is 60.4 cm³/mol. The number of nitrogens with zero attached hydrogens (tertiary/aromatic N) is 1. The highest BCUT2D eigenvalue weighted by molar-refractivity contribution is 5.89. The highest BCUT2D eigenvalue weighted by Gasteiger charge is 2.21. The fourth-order valence-corrected chi connectivity index (χ4v) is 0.823. The van der Waals surface area contributed by atoms with Gasteiger partial charge in [-0.3, -0.25) is 9.79 Å². The lowest BCUT2D eigenvalue weighted by Gasteiger charge is -2.16. The Morgan fingerprint density at radius 1 is 1.50 bits per heavy atom. The van der Waals surface area contributed by atoms with Gasteiger partial charge in [-0.2, -0.15) is 0 Å². The highest BCUT2D eigenvalue weighted by atomic mass is 16.1. The molecule has 80 valence electrons. The van der Waals surface area contributed by atoms with Crippen molar-refractivity contribution >= 4 is 12.0 Å². The summed E-state index contributed by atoms with van der Waals surface area (Å²) in [5, 5.41) is 0. The molecule has 0 unspecified atom stereocenters. The van der Waals surface area contributed by atoms with Crippen molar-refractivity contribution in [3.05, 3.63) is 11.8 Å². The third kappa shape index (κ3) is 4.92. The van der Waals surface area contributed by atoms with Crippen molar-refractivity contribution in [2.45, 2.75) is 46.1 Å². The van der Waals surface area contributed by atoms with Crippen LogP contribution in [0.25, 0.3) is 0 Å². The van der Waals surface area contributed by atoms with E-state index in [-0.39, 0.29) is 5.78 Å². The Morgan fingerprint density at radius 3 is 2.43 bits per heavy atom. The topological polar surface area (TPSA) is 55.5 Å². The second kappa shape index (κ2) is 5.70. The molecule has 0 aliphatic carbocycles. The summed E-state index contributed by atoms with van der Waals surface area (Å²) in [5.74, 6) is 0.0128. The second-order valence-corrected chi connectivity index (χ2v) is 3.82. The van der Waals surface area contributed by atoms with Gasteiger partial charge in [-0.15, -0.1) is 0 Å². The Morgan fingerprint density at radius 2 is 2.07 bits per heavy atom. The van der Waals surface area contributed by atoms with E-state index in [0.29, 0.717) is 6.42 Å². The van der Waals surface area contributed by atoms with Crippen molar-refractivity contribution in [2.75, 3.05) is 0 Å².